The zero-order chi connectivity index (χ0) is 18.7. The number of nitrogens with one attached hydrogen (secondary N) is 1. The van der Waals surface area contributed by atoms with E-state index in [2.05, 4.69) is 20.8 Å². The lowest BCUT2D eigenvalue weighted by molar-refractivity contribution is -0.835. The Morgan fingerprint density at radius 2 is 1.48 bits per heavy atom. The lowest BCUT2D eigenvalue weighted by Crippen LogP contribution is -3.07. The third-order valence-electron chi connectivity index (χ3n) is 4.70. The molecule has 0 radical (unpaired) electrons. The third-order valence-corrected chi connectivity index (χ3v) is 5.58. The van der Waals surface area contributed by atoms with Crippen molar-refractivity contribution in [3.8, 4) is 0 Å². The van der Waals surface area contributed by atoms with E-state index in [4.69, 9.17) is 0 Å². The van der Waals surface area contributed by atoms with Crippen molar-refractivity contribution in [2.24, 2.45) is 0 Å². The molecule has 4 nitrogen and oxygen atoms in total. The Kier molecular flexibility index (Phi) is 10.3. The third kappa shape index (κ3) is 7.47. The van der Waals surface area contributed by atoms with Crippen LogP contribution >= 0.6 is 0 Å². The smallest absolute Gasteiger partial charge is 0.152 e. The van der Waals surface area contributed by atoms with E-state index in [0.29, 0.717) is 0 Å². The molecule has 0 fully saturated rings. The van der Waals surface area contributed by atoms with Crippen molar-refractivity contribution in [3.63, 3.8) is 0 Å². The molecule has 0 spiro atoms. The zero-order valence-electron chi connectivity index (χ0n) is 16.1. The fourth-order valence-electron chi connectivity index (χ4n) is 3.29. The van der Waals surface area contributed by atoms with Crippen LogP contribution < -0.4 is 4.90 Å². The Hall–Kier alpha value is -0.910. The fraction of sp³-hybridized carbons (Fsp3) is 0.700. The minimum absolute atomic E-state index is 0.0114. The first kappa shape index (κ1) is 22.1. The summed E-state index contributed by atoms with van der Waals surface area (Å²) in [5.41, 5.74) is 1.78. The second-order valence-electron chi connectivity index (χ2n) is 6.87. The van der Waals surface area contributed by atoms with Gasteiger partial charge in [-0.15, -0.1) is 0 Å². The molecule has 0 aliphatic carbocycles. The predicted molar refractivity (Wildman–Crippen MR) is 102 cm³/mol. The van der Waals surface area contributed by atoms with E-state index >= 15 is 0 Å². The van der Waals surface area contributed by atoms with Gasteiger partial charge in [-0.25, -0.2) is 8.42 Å². The standard InChI is InChI=1S/C20H35NO3S/c1-4-7-10-11-13-18-14-12-15-19(25(22,23)24)20(18)21(16-8-5-2)17-9-6-3/h12,14-15H,4-11,13,16-17H2,1-3H3,(H,22,23,24). The van der Waals surface area contributed by atoms with Crippen molar-refractivity contribution in [1.82, 2.24) is 0 Å². The summed E-state index contributed by atoms with van der Waals surface area (Å²) in [5, 5.41) is 0. The first-order valence-electron chi connectivity index (χ1n) is 9.88. The van der Waals surface area contributed by atoms with Crippen molar-refractivity contribution in [3.05, 3.63) is 23.8 Å². The quantitative estimate of drug-likeness (QED) is 0.424. The largest absolute Gasteiger partial charge is 0.744 e. The highest BCUT2D eigenvalue weighted by molar-refractivity contribution is 7.85. The second kappa shape index (κ2) is 11.7. The first-order valence-corrected chi connectivity index (χ1v) is 11.3. The van der Waals surface area contributed by atoms with E-state index in [1.54, 1.807) is 6.07 Å². The van der Waals surface area contributed by atoms with Gasteiger partial charge in [0.05, 0.1) is 13.1 Å². The normalized spacial score (nSPS) is 12.0. The maximum atomic E-state index is 11.9. The summed E-state index contributed by atoms with van der Waals surface area (Å²) in [6.07, 6.45) is 9.58. The van der Waals surface area contributed by atoms with Crippen LogP contribution in [0.2, 0.25) is 0 Å². The average molecular weight is 370 g/mol. The number of aryl methyl sites for hydroxylation is 1. The van der Waals surface area contributed by atoms with Gasteiger partial charge in [-0.3, -0.25) is 0 Å². The molecule has 0 atom stereocenters. The Labute approximate surface area is 154 Å². The fourth-order valence-corrected chi connectivity index (χ4v) is 4.06. The number of hydrogen-bond acceptors (Lipinski definition) is 3. The van der Waals surface area contributed by atoms with Crippen LogP contribution in [-0.4, -0.2) is 26.1 Å². The van der Waals surface area contributed by atoms with Crippen LogP contribution in [0.5, 0.6) is 0 Å². The molecular weight excluding hydrogens is 334 g/mol. The Morgan fingerprint density at radius 1 is 0.880 bits per heavy atom. The SMILES string of the molecule is CCCCCCc1cccc(S(=O)(=O)[O-])c1[NH+](CCCC)CCCC. The molecule has 0 amide bonds. The molecular formula is C20H35NO3S. The first-order chi connectivity index (χ1) is 12.0. The van der Waals surface area contributed by atoms with Crippen LogP contribution in [0.1, 0.15) is 77.7 Å². The van der Waals surface area contributed by atoms with Gasteiger partial charge in [0, 0.05) is 5.56 Å². The topological polar surface area (TPSA) is 61.6 Å². The van der Waals surface area contributed by atoms with Crippen LogP contribution in [0.4, 0.5) is 5.69 Å². The average Bonchev–Trinajstić information content (AvgIpc) is 2.58. The molecule has 0 heterocycles. The van der Waals surface area contributed by atoms with E-state index in [0.717, 1.165) is 74.2 Å². The summed E-state index contributed by atoms with van der Waals surface area (Å²) < 4.78 is 35.6. The molecule has 0 bridgehead atoms. The number of quaternary nitrogens is 1. The number of hydrogen-bond donors (Lipinski definition) is 1. The molecule has 0 aliphatic rings. The molecule has 0 saturated carbocycles. The minimum atomic E-state index is -4.46. The highest BCUT2D eigenvalue weighted by atomic mass is 32.2. The Balaban J connectivity index is 3.22. The van der Waals surface area contributed by atoms with Gasteiger partial charge in [-0.2, -0.15) is 0 Å². The van der Waals surface area contributed by atoms with E-state index in [1.807, 2.05) is 6.07 Å². The van der Waals surface area contributed by atoms with E-state index in [9.17, 15) is 13.0 Å². The van der Waals surface area contributed by atoms with E-state index in [1.165, 1.54) is 18.9 Å². The lowest BCUT2D eigenvalue weighted by atomic mass is 10.0. The molecule has 0 saturated heterocycles. The summed E-state index contributed by atoms with van der Waals surface area (Å²) in [7, 11) is -4.46. The molecule has 1 aromatic rings. The number of rotatable bonds is 13. The summed E-state index contributed by atoms with van der Waals surface area (Å²) in [6, 6.07) is 5.22. The van der Waals surface area contributed by atoms with Crippen LogP contribution in [0, 0.1) is 0 Å². The second-order valence-corrected chi connectivity index (χ2v) is 8.21. The van der Waals surface area contributed by atoms with Crippen LogP contribution in [0.25, 0.3) is 0 Å². The summed E-state index contributed by atoms with van der Waals surface area (Å²) in [4.78, 5) is 1.15. The molecule has 25 heavy (non-hydrogen) atoms. The molecule has 1 rings (SSSR count). The van der Waals surface area contributed by atoms with Crippen molar-refractivity contribution in [2.45, 2.75) is 83.5 Å². The van der Waals surface area contributed by atoms with Gasteiger partial charge in [-0.05, 0) is 31.7 Å². The van der Waals surface area contributed by atoms with Crippen LogP contribution in [0.15, 0.2) is 23.1 Å². The van der Waals surface area contributed by atoms with Crippen LogP contribution in [0.3, 0.4) is 0 Å². The van der Waals surface area contributed by atoms with Gasteiger partial charge in [0.25, 0.3) is 0 Å². The molecule has 0 aliphatic heterocycles. The highest BCUT2D eigenvalue weighted by Gasteiger charge is 2.23. The number of unbranched alkanes of at least 4 members (excludes halogenated alkanes) is 5. The predicted octanol–water partition coefficient (Wildman–Crippen LogP) is 3.83. The summed E-state index contributed by atoms with van der Waals surface area (Å²) in [6.45, 7) is 8.21. The van der Waals surface area contributed by atoms with E-state index in [-0.39, 0.29) is 4.90 Å². The molecule has 0 aromatic heterocycles. The highest BCUT2D eigenvalue weighted by Crippen LogP contribution is 2.24. The van der Waals surface area contributed by atoms with Gasteiger partial charge >= 0.3 is 0 Å². The van der Waals surface area contributed by atoms with Gasteiger partial charge in [0.2, 0.25) is 0 Å². The van der Waals surface area contributed by atoms with Crippen molar-refractivity contribution in [1.29, 1.82) is 0 Å². The molecule has 1 N–H and O–H groups in total. The molecule has 5 heteroatoms. The van der Waals surface area contributed by atoms with Crippen molar-refractivity contribution < 1.29 is 17.9 Å². The van der Waals surface area contributed by atoms with E-state index < -0.39 is 10.1 Å². The summed E-state index contributed by atoms with van der Waals surface area (Å²) >= 11 is 0. The number of para-hydroxylation sites is 1. The maximum Gasteiger partial charge on any atom is 0.152 e. The van der Waals surface area contributed by atoms with Crippen molar-refractivity contribution in [2.75, 3.05) is 13.1 Å². The Bertz CT molecular complexity index is 591. The monoisotopic (exact) mass is 369 g/mol. The van der Waals surface area contributed by atoms with Gasteiger partial charge in [-0.1, -0.05) is 65.0 Å². The Morgan fingerprint density at radius 3 is 2.00 bits per heavy atom. The molecule has 0 unspecified atom stereocenters. The van der Waals surface area contributed by atoms with Gasteiger partial charge < -0.3 is 9.45 Å². The minimum Gasteiger partial charge on any atom is -0.744 e. The van der Waals surface area contributed by atoms with Crippen LogP contribution in [-0.2, 0) is 16.5 Å². The lowest BCUT2D eigenvalue weighted by Gasteiger charge is -2.25. The van der Waals surface area contributed by atoms with Gasteiger partial charge in [0.1, 0.15) is 15.0 Å². The van der Waals surface area contributed by atoms with Crippen molar-refractivity contribution >= 4 is 15.8 Å². The zero-order valence-corrected chi connectivity index (χ0v) is 17.0. The maximum absolute atomic E-state index is 11.9. The molecule has 144 valence electrons. The van der Waals surface area contributed by atoms with Gasteiger partial charge in [0.15, 0.2) is 5.69 Å². The molecule has 1 aromatic carbocycles. The summed E-state index contributed by atoms with van der Waals surface area (Å²) in [5.74, 6) is 0. The number of benzene rings is 1.